The predicted octanol–water partition coefficient (Wildman–Crippen LogP) is 1.89. The highest BCUT2D eigenvalue weighted by molar-refractivity contribution is 5.77. The molecule has 4 nitrogen and oxygen atoms in total. The molecular formula is C13H16N4. The number of imidazole rings is 1. The summed E-state index contributed by atoms with van der Waals surface area (Å²) in [5.41, 5.74) is 9.40. The molecule has 0 aliphatic carbocycles. The quantitative estimate of drug-likeness (QED) is 0.853. The first-order chi connectivity index (χ1) is 7.93. The molecule has 2 rings (SSSR count). The molecule has 0 saturated carbocycles. The third-order valence-electron chi connectivity index (χ3n) is 2.99. The lowest BCUT2D eigenvalue weighted by Gasteiger charge is -2.16. The number of aromatic nitrogens is 2. The Bertz CT molecular complexity index is 602. The zero-order valence-electron chi connectivity index (χ0n) is 10.4. The molecule has 88 valence electrons. The molecule has 1 unspecified atom stereocenters. The average molecular weight is 228 g/mol. The van der Waals surface area contributed by atoms with E-state index >= 15 is 0 Å². The topological polar surface area (TPSA) is 67.6 Å². The third kappa shape index (κ3) is 2.15. The molecule has 1 atom stereocenters. The summed E-state index contributed by atoms with van der Waals surface area (Å²) in [4.78, 5) is 4.34. The van der Waals surface area contributed by atoms with Crippen LogP contribution in [0.1, 0.15) is 18.1 Å². The van der Waals surface area contributed by atoms with E-state index < -0.39 is 5.54 Å². The van der Waals surface area contributed by atoms with E-state index in [0.717, 1.165) is 11.0 Å². The van der Waals surface area contributed by atoms with Crippen LogP contribution in [0.4, 0.5) is 0 Å². The van der Waals surface area contributed by atoms with Crippen molar-refractivity contribution in [2.45, 2.75) is 32.9 Å². The van der Waals surface area contributed by atoms with E-state index in [0.29, 0.717) is 6.54 Å². The molecule has 0 radical (unpaired) electrons. The first kappa shape index (κ1) is 11.6. The summed E-state index contributed by atoms with van der Waals surface area (Å²) in [7, 11) is 0. The van der Waals surface area contributed by atoms with Gasteiger partial charge in [-0.3, -0.25) is 0 Å². The second kappa shape index (κ2) is 3.86. The number of aryl methyl sites for hydroxylation is 2. The summed E-state index contributed by atoms with van der Waals surface area (Å²) in [6.07, 6.45) is 1.74. The van der Waals surface area contributed by atoms with Gasteiger partial charge in [-0.15, -0.1) is 0 Å². The molecule has 1 aromatic carbocycles. The normalized spacial score (nSPS) is 14.5. The summed E-state index contributed by atoms with van der Waals surface area (Å²) in [6.45, 7) is 6.30. The van der Waals surface area contributed by atoms with Gasteiger partial charge in [0.2, 0.25) is 0 Å². The van der Waals surface area contributed by atoms with Crippen LogP contribution in [0, 0.1) is 25.2 Å². The van der Waals surface area contributed by atoms with Crippen LogP contribution >= 0.6 is 0 Å². The fraction of sp³-hybridized carbons (Fsp3) is 0.385. The van der Waals surface area contributed by atoms with Gasteiger partial charge in [-0.05, 0) is 44.0 Å². The van der Waals surface area contributed by atoms with Crippen molar-refractivity contribution in [2.75, 3.05) is 0 Å². The predicted molar refractivity (Wildman–Crippen MR) is 67.4 cm³/mol. The van der Waals surface area contributed by atoms with Gasteiger partial charge in [0.15, 0.2) is 0 Å². The lowest BCUT2D eigenvalue weighted by molar-refractivity contribution is 0.501. The summed E-state index contributed by atoms with van der Waals surface area (Å²) in [6, 6.07) is 6.24. The maximum absolute atomic E-state index is 8.95. The Morgan fingerprint density at radius 2 is 2.06 bits per heavy atom. The van der Waals surface area contributed by atoms with Crippen molar-refractivity contribution in [3.8, 4) is 6.07 Å². The van der Waals surface area contributed by atoms with Gasteiger partial charge in [0, 0.05) is 0 Å². The number of nitrogens with zero attached hydrogens (tertiary/aromatic N) is 3. The van der Waals surface area contributed by atoms with Crippen LogP contribution in [-0.2, 0) is 6.54 Å². The molecule has 4 heteroatoms. The highest BCUT2D eigenvalue weighted by atomic mass is 15.1. The van der Waals surface area contributed by atoms with Gasteiger partial charge in [-0.25, -0.2) is 4.98 Å². The molecule has 0 spiro atoms. The molecule has 2 N–H and O–H groups in total. The van der Waals surface area contributed by atoms with E-state index in [9.17, 15) is 0 Å². The number of nitrogens with two attached hydrogens (primary N) is 1. The van der Waals surface area contributed by atoms with Gasteiger partial charge in [0.25, 0.3) is 0 Å². The van der Waals surface area contributed by atoms with Crippen LogP contribution < -0.4 is 5.73 Å². The van der Waals surface area contributed by atoms with E-state index in [1.165, 1.54) is 11.1 Å². The molecule has 0 aliphatic heterocycles. The highest BCUT2D eigenvalue weighted by Gasteiger charge is 2.19. The summed E-state index contributed by atoms with van der Waals surface area (Å²) in [5, 5.41) is 8.95. The molecule has 1 heterocycles. The van der Waals surface area contributed by atoms with Crippen LogP contribution in [0.25, 0.3) is 11.0 Å². The summed E-state index contributed by atoms with van der Waals surface area (Å²) < 4.78 is 1.94. The zero-order chi connectivity index (χ0) is 12.6. The molecule has 0 saturated heterocycles. The van der Waals surface area contributed by atoms with E-state index in [4.69, 9.17) is 11.0 Å². The van der Waals surface area contributed by atoms with Gasteiger partial charge < -0.3 is 10.3 Å². The lowest BCUT2D eigenvalue weighted by atomic mass is 10.1. The molecule has 0 bridgehead atoms. The monoisotopic (exact) mass is 228 g/mol. The fourth-order valence-electron chi connectivity index (χ4n) is 1.83. The maximum atomic E-state index is 8.95. The van der Waals surface area contributed by atoms with Gasteiger partial charge >= 0.3 is 0 Å². The van der Waals surface area contributed by atoms with E-state index in [-0.39, 0.29) is 0 Å². The van der Waals surface area contributed by atoms with Crippen LogP contribution in [0.15, 0.2) is 18.5 Å². The van der Waals surface area contributed by atoms with E-state index in [2.05, 4.69) is 37.0 Å². The molecule has 17 heavy (non-hydrogen) atoms. The van der Waals surface area contributed by atoms with Crippen molar-refractivity contribution in [2.24, 2.45) is 5.73 Å². The fourth-order valence-corrected chi connectivity index (χ4v) is 1.83. The molecule has 0 aliphatic rings. The Balaban J connectivity index is 2.51. The first-order valence-corrected chi connectivity index (χ1v) is 5.55. The van der Waals surface area contributed by atoms with Gasteiger partial charge in [-0.2, -0.15) is 5.26 Å². The van der Waals surface area contributed by atoms with Crippen molar-refractivity contribution in [3.63, 3.8) is 0 Å². The highest BCUT2D eigenvalue weighted by Crippen LogP contribution is 2.19. The maximum Gasteiger partial charge on any atom is 0.119 e. The SMILES string of the molecule is Cc1cc2ncn(CC(C)(N)C#N)c2cc1C. The standard InChI is InChI=1S/C13H16N4/c1-9-4-11-12(5-10(9)2)17(8-16-11)7-13(3,15)6-14/h4-5,8H,7,15H2,1-3H3. The Labute approximate surface area is 101 Å². The molecule has 0 fully saturated rings. The number of rotatable bonds is 2. The first-order valence-electron chi connectivity index (χ1n) is 5.55. The smallest absolute Gasteiger partial charge is 0.119 e. The Morgan fingerprint density at radius 1 is 1.41 bits per heavy atom. The second-order valence-electron chi connectivity index (χ2n) is 4.83. The minimum absolute atomic E-state index is 0.447. The van der Waals surface area contributed by atoms with Crippen molar-refractivity contribution >= 4 is 11.0 Å². The summed E-state index contributed by atoms with van der Waals surface area (Å²) in [5.74, 6) is 0. The number of benzene rings is 1. The lowest BCUT2D eigenvalue weighted by Crippen LogP contribution is -2.38. The molecule has 2 aromatic rings. The third-order valence-corrected chi connectivity index (χ3v) is 2.99. The van der Waals surface area contributed by atoms with Crippen molar-refractivity contribution in [1.29, 1.82) is 5.26 Å². The van der Waals surface area contributed by atoms with E-state index in [1.807, 2.05) is 4.57 Å². The second-order valence-corrected chi connectivity index (χ2v) is 4.83. The minimum atomic E-state index is -0.869. The van der Waals surface area contributed by atoms with Crippen molar-refractivity contribution < 1.29 is 0 Å². The van der Waals surface area contributed by atoms with Crippen molar-refractivity contribution in [1.82, 2.24) is 9.55 Å². The zero-order valence-corrected chi connectivity index (χ0v) is 10.4. The molecule has 1 aromatic heterocycles. The van der Waals surface area contributed by atoms with Crippen LogP contribution in [-0.4, -0.2) is 15.1 Å². The van der Waals surface area contributed by atoms with E-state index in [1.54, 1.807) is 13.3 Å². The summed E-state index contributed by atoms with van der Waals surface area (Å²) >= 11 is 0. The Hall–Kier alpha value is -1.86. The minimum Gasteiger partial charge on any atom is -0.328 e. The Morgan fingerprint density at radius 3 is 2.71 bits per heavy atom. The molecular weight excluding hydrogens is 212 g/mol. The number of nitriles is 1. The average Bonchev–Trinajstić information content (AvgIpc) is 2.62. The van der Waals surface area contributed by atoms with Gasteiger partial charge in [0.1, 0.15) is 5.54 Å². The number of hydrogen-bond acceptors (Lipinski definition) is 3. The van der Waals surface area contributed by atoms with Crippen LogP contribution in [0.2, 0.25) is 0 Å². The van der Waals surface area contributed by atoms with Crippen LogP contribution in [0.5, 0.6) is 0 Å². The number of hydrogen-bond donors (Lipinski definition) is 1. The van der Waals surface area contributed by atoms with Crippen molar-refractivity contribution in [3.05, 3.63) is 29.6 Å². The number of fused-ring (bicyclic) bond motifs is 1. The van der Waals surface area contributed by atoms with Gasteiger partial charge in [0.05, 0.1) is 30.0 Å². The van der Waals surface area contributed by atoms with Crippen LogP contribution in [0.3, 0.4) is 0 Å². The molecule has 0 amide bonds. The van der Waals surface area contributed by atoms with Gasteiger partial charge in [-0.1, -0.05) is 0 Å². The largest absolute Gasteiger partial charge is 0.328 e. The Kier molecular flexibility index (Phi) is 2.64.